The van der Waals surface area contributed by atoms with E-state index < -0.39 is 0 Å². The number of urea groups is 1. The summed E-state index contributed by atoms with van der Waals surface area (Å²) < 4.78 is 0. The Labute approximate surface area is 101 Å². The summed E-state index contributed by atoms with van der Waals surface area (Å²) in [5, 5.41) is 2.82. The van der Waals surface area contributed by atoms with Gasteiger partial charge in [-0.2, -0.15) is 0 Å². The van der Waals surface area contributed by atoms with Crippen LogP contribution in [0.5, 0.6) is 0 Å². The van der Waals surface area contributed by atoms with E-state index in [4.69, 9.17) is 0 Å². The van der Waals surface area contributed by atoms with E-state index >= 15 is 0 Å². The first-order valence-electron chi connectivity index (χ1n) is 5.80. The van der Waals surface area contributed by atoms with Crippen molar-refractivity contribution in [3.63, 3.8) is 0 Å². The maximum Gasteiger partial charge on any atom is 0.321 e. The molecule has 17 heavy (non-hydrogen) atoms. The number of ketones is 1. The van der Waals surface area contributed by atoms with E-state index in [1.54, 1.807) is 4.90 Å². The van der Waals surface area contributed by atoms with E-state index in [2.05, 4.69) is 5.32 Å². The number of likely N-dealkylation sites (tertiary alicyclic amines) is 1. The molecule has 1 aromatic rings. The largest absolute Gasteiger partial charge is 0.323 e. The van der Waals surface area contributed by atoms with Crippen LogP contribution in [0.1, 0.15) is 13.3 Å². The molecule has 0 aliphatic carbocycles. The summed E-state index contributed by atoms with van der Waals surface area (Å²) in [5.74, 6) is 0.194. The van der Waals surface area contributed by atoms with Crippen LogP contribution < -0.4 is 5.32 Å². The second-order valence-electron chi connectivity index (χ2n) is 4.36. The first kappa shape index (κ1) is 11.6. The van der Waals surface area contributed by atoms with Crippen LogP contribution in [0.15, 0.2) is 30.3 Å². The maximum absolute atomic E-state index is 11.9. The summed E-state index contributed by atoms with van der Waals surface area (Å²) in [6.45, 7) is 2.89. The number of Topliss-reactive ketones (excluding diaryl/α,β-unsaturated/α-hetero) is 1. The average molecular weight is 232 g/mol. The monoisotopic (exact) mass is 232 g/mol. The third-order valence-corrected chi connectivity index (χ3v) is 2.98. The summed E-state index contributed by atoms with van der Waals surface area (Å²) in [6.07, 6.45) is 0.462. The lowest BCUT2D eigenvalue weighted by Crippen LogP contribution is -2.45. The van der Waals surface area contributed by atoms with Crippen molar-refractivity contribution in [2.75, 3.05) is 18.4 Å². The second kappa shape index (κ2) is 4.99. The van der Waals surface area contributed by atoms with E-state index in [9.17, 15) is 9.59 Å². The fourth-order valence-electron chi connectivity index (χ4n) is 1.92. The first-order chi connectivity index (χ1) is 8.16. The Morgan fingerprint density at radius 2 is 2.06 bits per heavy atom. The summed E-state index contributed by atoms with van der Waals surface area (Å²) in [5.41, 5.74) is 0.780. The van der Waals surface area contributed by atoms with Crippen molar-refractivity contribution >= 4 is 17.5 Å². The Morgan fingerprint density at radius 3 is 2.71 bits per heavy atom. The zero-order valence-electron chi connectivity index (χ0n) is 9.85. The molecule has 1 atom stereocenters. The highest BCUT2D eigenvalue weighted by Gasteiger charge is 2.26. The van der Waals surface area contributed by atoms with Crippen LogP contribution >= 0.6 is 0 Å². The molecule has 1 heterocycles. The molecule has 90 valence electrons. The highest BCUT2D eigenvalue weighted by molar-refractivity contribution is 5.91. The lowest BCUT2D eigenvalue weighted by molar-refractivity contribution is -0.124. The van der Waals surface area contributed by atoms with E-state index in [0.717, 1.165) is 5.69 Å². The van der Waals surface area contributed by atoms with Gasteiger partial charge in [-0.3, -0.25) is 4.79 Å². The van der Waals surface area contributed by atoms with Crippen LogP contribution in [0.25, 0.3) is 0 Å². The van der Waals surface area contributed by atoms with Crippen molar-refractivity contribution in [3.8, 4) is 0 Å². The molecule has 0 aromatic heterocycles. The van der Waals surface area contributed by atoms with Crippen molar-refractivity contribution < 1.29 is 9.59 Å². The molecule has 1 aromatic carbocycles. The number of hydrogen-bond acceptors (Lipinski definition) is 2. The maximum atomic E-state index is 11.9. The van der Waals surface area contributed by atoms with Gasteiger partial charge in [-0.05, 0) is 12.1 Å². The van der Waals surface area contributed by atoms with Crippen LogP contribution in [0.4, 0.5) is 10.5 Å². The van der Waals surface area contributed by atoms with Crippen molar-refractivity contribution in [1.29, 1.82) is 0 Å². The topological polar surface area (TPSA) is 49.4 Å². The number of nitrogens with one attached hydrogen (secondary N) is 1. The number of nitrogens with zero attached hydrogens (tertiary/aromatic N) is 1. The van der Waals surface area contributed by atoms with Gasteiger partial charge in [0.25, 0.3) is 0 Å². The lowest BCUT2D eigenvalue weighted by Gasteiger charge is -2.30. The summed E-state index contributed by atoms with van der Waals surface area (Å²) in [6, 6.07) is 9.20. The molecule has 0 radical (unpaired) electrons. The summed E-state index contributed by atoms with van der Waals surface area (Å²) in [4.78, 5) is 25.0. The van der Waals surface area contributed by atoms with Gasteiger partial charge in [0.2, 0.25) is 0 Å². The molecule has 2 amide bonds. The molecule has 1 aliphatic heterocycles. The molecule has 1 unspecified atom stereocenters. The average Bonchev–Trinajstić information content (AvgIpc) is 2.34. The van der Waals surface area contributed by atoms with Crippen molar-refractivity contribution in [2.45, 2.75) is 13.3 Å². The molecule has 1 fully saturated rings. The quantitative estimate of drug-likeness (QED) is 0.806. The molecule has 0 bridgehead atoms. The molecule has 1 saturated heterocycles. The van der Waals surface area contributed by atoms with Crippen molar-refractivity contribution in [3.05, 3.63) is 30.3 Å². The predicted molar refractivity (Wildman–Crippen MR) is 65.8 cm³/mol. The SMILES string of the molecule is CC1CN(C(=O)Nc2ccccc2)CCC1=O. The number of anilines is 1. The van der Waals surface area contributed by atoms with Gasteiger partial charge in [0.15, 0.2) is 0 Å². The molecule has 4 nitrogen and oxygen atoms in total. The molecule has 1 N–H and O–H groups in total. The first-order valence-corrected chi connectivity index (χ1v) is 5.80. The van der Waals surface area contributed by atoms with Gasteiger partial charge in [0.1, 0.15) is 5.78 Å². The third kappa shape index (κ3) is 2.84. The van der Waals surface area contributed by atoms with Crippen LogP contribution in [0.2, 0.25) is 0 Å². The standard InChI is InChI=1S/C13H16N2O2/c1-10-9-15(8-7-12(10)16)13(17)14-11-5-3-2-4-6-11/h2-6,10H,7-9H2,1H3,(H,14,17). The van der Waals surface area contributed by atoms with Gasteiger partial charge in [-0.15, -0.1) is 0 Å². The number of rotatable bonds is 1. The number of carbonyl (C=O) groups is 2. The van der Waals surface area contributed by atoms with Gasteiger partial charge < -0.3 is 10.2 Å². The highest BCUT2D eigenvalue weighted by Crippen LogP contribution is 2.14. The zero-order valence-corrected chi connectivity index (χ0v) is 9.85. The Bertz CT molecular complexity index is 417. The summed E-state index contributed by atoms with van der Waals surface area (Å²) in [7, 11) is 0. The van der Waals surface area contributed by atoms with Crippen molar-refractivity contribution in [1.82, 2.24) is 4.90 Å². The van der Waals surface area contributed by atoms with E-state index in [1.165, 1.54) is 0 Å². The van der Waals surface area contributed by atoms with Gasteiger partial charge in [-0.25, -0.2) is 4.79 Å². The lowest BCUT2D eigenvalue weighted by atomic mass is 9.99. The van der Waals surface area contributed by atoms with Crippen LogP contribution in [-0.2, 0) is 4.79 Å². The minimum Gasteiger partial charge on any atom is -0.323 e. The van der Waals surface area contributed by atoms with E-state index in [1.807, 2.05) is 37.3 Å². The number of carbonyl (C=O) groups excluding carboxylic acids is 2. The Balaban J connectivity index is 1.95. The fraction of sp³-hybridized carbons (Fsp3) is 0.385. The normalized spacial score (nSPS) is 20.2. The Hall–Kier alpha value is -1.84. The number of piperidine rings is 1. The fourth-order valence-corrected chi connectivity index (χ4v) is 1.92. The minimum absolute atomic E-state index is 0.0507. The van der Waals surface area contributed by atoms with Gasteiger partial charge >= 0.3 is 6.03 Å². The molecule has 0 spiro atoms. The van der Waals surface area contributed by atoms with Crippen LogP contribution in [0.3, 0.4) is 0 Å². The number of hydrogen-bond donors (Lipinski definition) is 1. The molecular weight excluding hydrogens is 216 g/mol. The summed E-state index contributed by atoms with van der Waals surface area (Å²) >= 11 is 0. The minimum atomic E-state index is -0.129. The smallest absolute Gasteiger partial charge is 0.321 e. The number of benzene rings is 1. The van der Waals surface area contributed by atoms with E-state index in [0.29, 0.717) is 19.5 Å². The zero-order chi connectivity index (χ0) is 12.3. The molecular formula is C13H16N2O2. The van der Waals surface area contributed by atoms with Crippen LogP contribution in [0, 0.1) is 5.92 Å². The number of para-hydroxylation sites is 1. The van der Waals surface area contributed by atoms with Gasteiger partial charge in [-0.1, -0.05) is 25.1 Å². The Kier molecular flexibility index (Phi) is 3.42. The van der Waals surface area contributed by atoms with E-state index in [-0.39, 0.29) is 17.7 Å². The third-order valence-electron chi connectivity index (χ3n) is 2.98. The van der Waals surface area contributed by atoms with Crippen molar-refractivity contribution in [2.24, 2.45) is 5.92 Å². The van der Waals surface area contributed by atoms with Gasteiger partial charge in [0.05, 0.1) is 0 Å². The number of amides is 2. The second-order valence-corrected chi connectivity index (χ2v) is 4.36. The van der Waals surface area contributed by atoms with Gasteiger partial charge in [0, 0.05) is 31.1 Å². The molecule has 4 heteroatoms. The molecule has 0 saturated carbocycles. The molecule has 1 aliphatic rings. The predicted octanol–water partition coefficient (Wildman–Crippen LogP) is 2.13. The Morgan fingerprint density at radius 1 is 1.35 bits per heavy atom. The van der Waals surface area contributed by atoms with Crippen LogP contribution in [-0.4, -0.2) is 29.8 Å². The highest BCUT2D eigenvalue weighted by atomic mass is 16.2. The molecule has 2 rings (SSSR count).